The molecule has 3 nitrogen and oxygen atoms in total. The molecular formula is C5H10N2O. The number of hydroxylamine groups is 1. The summed E-state index contributed by atoms with van der Waals surface area (Å²) in [4.78, 5) is 9.03. The summed E-state index contributed by atoms with van der Waals surface area (Å²) in [5.74, 6) is 0. The first-order chi connectivity index (χ1) is 3.71. The van der Waals surface area contributed by atoms with Crippen molar-refractivity contribution in [2.75, 3.05) is 6.54 Å². The van der Waals surface area contributed by atoms with Gasteiger partial charge in [0.15, 0.2) is 0 Å². The van der Waals surface area contributed by atoms with Crippen molar-refractivity contribution in [2.24, 2.45) is 4.99 Å². The quantitative estimate of drug-likeness (QED) is 0.492. The zero-order valence-corrected chi connectivity index (χ0v) is 5.14. The van der Waals surface area contributed by atoms with Crippen LogP contribution in [-0.4, -0.2) is 18.5 Å². The Morgan fingerprint density at radius 2 is 2.50 bits per heavy atom. The van der Waals surface area contributed by atoms with Crippen LogP contribution in [0.3, 0.4) is 0 Å². The summed E-state index contributed by atoms with van der Waals surface area (Å²) in [7, 11) is 0. The highest BCUT2D eigenvalue weighted by molar-refractivity contribution is 5.53. The lowest BCUT2D eigenvalue weighted by atomic mass is 10.1. The van der Waals surface area contributed by atoms with Gasteiger partial charge in [-0.25, -0.2) is 0 Å². The zero-order valence-electron chi connectivity index (χ0n) is 5.14. The first-order valence-electron chi connectivity index (χ1n) is 2.62. The van der Waals surface area contributed by atoms with Crippen LogP contribution in [0.4, 0.5) is 0 Å². The van der Waals surface area contributed by atoms with Gasteiger partial charge in [0.25, 0.3) is 0 Å². The summed E-state index contributed by atoms with van der Waals surface area (Å²) in [6.45, 7) is 4.70. The van der Waals surface area contributed by atoms with Crippen molar-refractivity contribution in [3.05, 3.63) is 0 Å². The highest BCUT2D eigenvalue weighted by Gasteiger charge is 2.19. The van der Waals surface area contributed by atoms with Crippen molar-refractivity contribution in [2.45, 2.75) is 19.4 Å². The third-order valence-corrected chi connectivity index (χ3v) is 0.951. The van der Waals surface area contributed by atoms with Crippen molar-refractivity contribution < 1.29 is 4.84 Å². The maximum absolute atomic E-state index is 5.07. The van der Waals surface area contributed by atoms with E-state index in [1.165, 1.54) is 0 Å². The lowest BCUT2D eigenvalue weighted by Gasteiger charge is -2.24. The Kier molecular flexibility index (Phi) is 1.21. The maximum Gasteiger partial charge on any atom is 0.110 e. The molecule has 0 unspecified atom stereocenters. The Bertz CT molecular complexity index is 109. The zero-order chi connectivity index (χ0) is 6.04. The van der Waals surface area contributed by atoms with Crippen molar-refractivity contribution in [1.82, 2.24) is 5.48 Å². The smallest absolute Gasteiger partial charge is 0.110 e. The van der Waals surface area contributed by atoms with Crippen LogP contribution in [0.15, 0.2) is 4.99 Å². The van der Waals surface area contributed by atoms with E-state index in [4.69, 9.17) is 4.84 Å². The van der Waals surface area contributed by atoms with Gasteiger partial charge in [0.2, 0.25) is 0 Å². The van der Waals surface area contributed by atoms with E-state index < -0.39 is 0 Å². The highest BCUT2D eigenvalue weighted by Crippen LogP contribution is 2.08. The monoisotopic (exact) mass is 114 g/mol. The summed E-state index contributed by atoms with van der Waals surface area (Å²) in [6, 6.07) is 0. The molecule has 0 bridgehead atoms. The van der Waals surface area contributed by atoms with Crippen molar-refractivity contribution >= 4 is 6.34 Å². The van der Waals surface area contributed by atoms with Crippen molar-refractivity contribution in [1.29, 1.82) is 0 Å². The first kappa shape index (κ1) is 5.56. The number of nitrogens with one attached hydrogen (secondary N) is 1. The average molecular weight is 114 g/mol. The molecule has 3 heteroatoms. The second kappa shape index (κ2) is 1.74. The van der Waals surface area contributed by atoms with Crippen molar-refractivity contribution in [3.8, 4) is 0 Å². The molecule has 0 aromatic heterocycles. The Balaban J connectivity index is 2.50. The van der Waals surface area contributed by atoms with Crippen LogP contribution in [0.1, 0.15) is 13.8 Å². The predicted molar refractivity (Wildman–Crippen MR) is 31.7 cm³/mol. The fourth-order valence-corrected chi connectivity index (χ4v) is 0.521. The molecule has 1 aliphatic rings. The summed E-state index contributed by atoms with van der Waals surface area (Å²) in [6.07, 6.45) is 1.56. The molecule has 1 heterocycles. The van der Waals surface area contributed by atoms with Crippen LogP contribution in [0.5, 0.6) is 0 Å². The molecule has 46 valence electrons. The van der Waals surface area contributed by atoms with Crippen molar-refractivity contribution in [3.63, 3.8) is 0 Å². The molecule has 0 spiro atoms. The van der Waals surface area contributed by atoms with E-state index in [-0.39, 0.29) is 5.60 Å². The third kappa shape index (κ3) is 1.20. The molecule has 0 saturated carbocycles. The molecule has 1 rings (SSSR count). The van der Waals surface area contributed by atoms with E-state index in [9.17, 15) is 0 Å². The predicted octanol–water partition coefficient (Wildman–Crippen LogP) is 0.328. The van der Waals surface area contributed by atoms with Crippen LogP contribution >= 0.6 is 0 Å². The van der Waals surface area contributed by atoms with Gasteiger partial charge in [-0.2, -0.15) is 0 Å². The molecule has 0 aliphatic carbocycles. The second-order valence-electron chi connectivity index (χ2n) is 2.45. The topological polar surface area (TPSA) is 33.6 Å². The summed E-state index contributed by atoms with van der Waals surface area (Å²) in [5, 5.41) is 0. The fourth-order valence-electron chi connectivity index (χ4n) is 0.521. The Morgan fingerprint density at radius 3 is 2.75 bits per heavy atom. The molecule has 0 fully saturated rings. The van der Waals surface area contributed by atoms with E-state index in [1.807, 2.05) is 13.8 Å². The number of nitrogens with zero attached hydrogens (tertiary/aromatic N) is 1. The summed E-state index contributed by atoms with van der Waals surface area (Å²) in [5.41, 5.74) is 2.45. The van der Waals surface area contributed by atoms with E-state index in [0.29, 0.717) is 0 Å². The fraction of sp³-hybridized carbons (Fsp3) is 0.800. The molecule has 1 N–H and O–H groups in total. The van der Waals surface area contributed by atoms with Crippen LogP contribution in [0.2, 0.25) is 0 Å². The van der Waals surface area contributed by atoms with Gasteiger partial charge in [0.05, 0.1) is 6.54 Å². The Morgan fingerprint density at radius 1 is 1.75 bits per heavy atom. The minimum atomic E-state index is -0.130. The molecule has 0 amide bonds. The van der Waals surface area contributed by atoms with Gasteiger partial charge >= 0.3 is 0 Å². The standard InChI is InChI=1S/C5H10N2O/c1-5(2)3-6-4-7-8-5/h4H,3H2,1-2H3,(H,6,7). The van der Waals surface area contributed by atoms with Crippen LogP contribution < -0.4 is 5.48 Å². The van der Waals surface area contributed by atoms with Gasteiger partial charge in [0, 0.05) is 0 Å². The van der Waals surface area contributed by atoms with E-state index >= 15 is 0 Å². The first-order valence-corrected chi connectivity index (χ1v) is 2.62. The molecular weight excluding hydrogens is 104 g/mol. The Labute approximate surface area is 48.7 Å². The van der Waals surface area contributed by atoms with Gasteiger partial charge < -0.3 is 0 Å². The molecule has 8 heavy (non-hydrogen) atoms. The van der Waals surface area contributed by atoms with Gasteiger partial charge in [-0.05, 0) is 13.8 Å². The Hall–Kier alpha value is -0.570. The van der Waals surface area contributed by atoms with Gasteiger partial charge in [0.1, 0.15) is 11.9 Å². The van der Waals surface area contributed by atoms with E-state index in [2.05, 4.69) is 10.5 Å². The maximum atomic E-state index is 5.07. The number of hydrogen-bond acceptors (Lipinski definition) is 3. The van der Waals surface area contributed by atoms with E-state index in [0.717, 1.165) is 6.54 Å². The molecule has 1 aliphatic heterocycles. The SMILES string of the molecule is CC1(C)CN=CNO1. The van der Waals surface area contributed by atoms with Crippen LogP contribution in [0, 0.1) is 0 Å². The largest absolute Gasteiger partial charge is 0.271 e. The lowest BCUT2D eigenvalue weighted by molar-refractivity contribution is -0.0545. The molecule has 0 aromatic carbocycles. The highest BCUT2D eigenvalue weighted by atomic mass is 16.7. The van der Waals surface area contributed by atoms with Gasteiger partial charge in [-0.15, -0.1) is 0 Å². The average Bonchev–Trinajstić information content (AvgIpc) is 1.65. The minimum Gasteiger partial charge on any atom is -0.271 e. The van der Waals surface area contributed by atoms with Crippen LogP contribution in [-0.2, 0) is 4.84 Å². The lowest BCUT2D eigenvalue weighted by Crippen LogP contribution is -2.38. The summed E-state index contributed by atoms with van der Waals surface area (Å²) >= 11 is 0. The third-order valence-electron chi connectivity index (χ3n) is 0.951. The minimum absolute atomic E-state index is 0.130. The van der Waals surface area contributed by atoms with Gasteiger partial charge in [-0.3, -0.25) is 15.3 Å². The molecule has 0 saturated heterocycles. The van der Waals surface area contributed by atoms with Gasteiger partial charge in [-0.1, -0.05) is 0 Å². The normalized spacial score (nSPS) is 24.8. The summed E-state index contributed by atoms with van der Waals surface area (Å²) < 4.78 is 0. The molecule has 0 atom stereocenters. The number of aliphatic imine (C=N–C) groups is 1. The molecule has 0 aromatic rings. The second-order valence-corrected chi connectivity index (χ2v) is 2.45. The van der Waals surface area contributed by atoms with E-state index in [1.54, 1.807) is 6.34 Å². The molecule has 0 radical (unpaired) electrons. The number of hydrogen-bond donors (Lipinski definition) is 1. The van der Waals surface area contributed by atoms with Crippen LogP contribution in [0.25, 0.3) is 0 Å². The number of rotatable bonds is 0.